The molecule has 0 aromatic rings. The molecule has 5 nitrogen and oxygen atoms in total. The zero-order chi connectivity index (χ0) is 14.8. The van der Waals surface area contributed by atoms with Crippen molar-refractivity contribution in [2.24, 2.45) is 0 Å². The Hall–Kier alpha value is 0.234. The molecule has 0 aliphatic carbocycles. The quantitative estimate of drug-likeness (QED) is 0.410. The molecule has 0 heterocycles. The molecule has 0 rings (SSSR count). The second-order valence-electron chi connectivity index (χ2n) is 4.75. The van der Waals surface area contributed by atoms with Crippen LogP contribution in [0.25, 0.3) is 0 Å². The smallest absolute Gasteiger partial charge is 0.398 e. The first kappa shape index (κ1) is 19.2. The summed E-state index contributed by atoms with van der Waals surface area (Å²) < 4.78 is 27.1. The molecule has 0 saturated heterocycles. The summed E-state index contributed by atoms with van der Waals surface area (Å²) in [5.41, 5.74) is 0. The van der Waals surface area contributed by atoms with Crippen molar-refractivity contribution in [1.29, 1.82) is 0 Å². The SMILES string of the molecule is CO[Si](C)(CCCCCC[Si](OC)(OC)OC)OC. The van der Waals surface area contributed by atoms with Gasteiger partial charge in [-0.3, -0.25) is 0 Å². The van der Waals surface area contributed by atoms with Crippen molar-refractivity contribution in [2.75, 3.05) is 35.5 Å². The summed E-state index contributed by atoms with van der Waals surface area (Å²) in [6, 6.07) is 1.92. The zero-order valence-corrected chi connectivity index (χ0v) is 15.3. The monoisotopic (exact) mass is 310 g/mol. The first-order valence-electron chi connectivity index (χ1n) is 6.77. The van der Waals surface area contributed by atoms with Crippen molar-refractivity contribution in [3.8, 4) is 0 Å². The van der Waals surface area contributed by atoms with Crippen LogP contribution in [-0.4, -0.2) is 52.9 Å². The molecule has 0 bridgehead atoms. The molecule has 0 atom stereocenters. The minimum Gasteiger partial charge on any atom is -0.398 e. The fourth-order valence-corrected chi connectivity index (χ4v) is 5.25. The van der Waals surface area contributed by atoms with Gasteiger partial charge in [0.2, 0.25) is 0 Å². The van der Waals surface area contributed by atoms with E-state index in [0.29, 0.717) is 0 Å². The van der Waals surface area contributed by atoms with E-state index in [1.807, 2.05) is 0 Å². The molecule has 19 heavy (non-hydrogen) atoms. The lowest BCUT2D eigenvalue weighted by molar-refractivity contribution is 0.122. The summed E-state index contributed by atoms with van der Waals surface area (Å²) in [6.45, 7) is 2.10. The van der Waals surface area contributed by atoms with Gasteiger partial charge in [0, 0.05) is 41.6 Å². The van der Waals surface area contributed by atoms with E-state index in [1.165, 1.54) is 6.42 Å². The molecule has 0 fully saturated rings. The van der Waals surface area contributed by atoms with Gasteiger partial charge < -0.3 is 22.1 Å². The highest BCUT2D eigenvalue weighted by atomic mass is 28.4. The van der Waals surface area contributed by atoms with Crippen LogP contribution in [0.5, 0.6) is 0 Å². The Bertz CT molecular complexity index is 212. The predicted octanol–water partition coefficient (Wildman–Crippen LogP) is 2.79. The first-order chi connectivity index (χ1) is 9.01. The summed E-state index contributed by atoms with van der Waals surface area (Å²) in [5, 5.41) is 0. The maximum absolute atomic E-state index is 5.46. The van der Waals surface area contributed by atoms with Crippen molar-refractivity contribution < 1.29 is 22.1 Å². The number of rotatable bonds is 12. The highest BCUT2D eigenvalue weighted by Crippen LogP contribution is 2.20. The number of unbranched alkanes of at least 4 members (excludes halogenated alkanes) is 3. The van der Waals surface area contributed by atoms with Gasteiger partial charge in [-0.1, -0.05) is 19.3 Å². The van der Waals surface area contributed by atoms with Gasteiger partial charge in [-0.15, -0.1) is 0 Å². The Morgan fingerprint density at radius 2 is 1.00 bits per heavy atom. The fraction of sp³-hybridized carbons (Fsp3) is 1.00. The lowest BCUT2D eigenvalue weighted by Crippen LogP contribution is -2.42. The van der Waals surface area contributed by atoms with Gasteiger partial charge in [-0.05, 0) is 19.0 Å². The molecule has 0 saturated carbocycles. The average Bonchev–Trinajstić information content (AvgIpc) is 2.47. The lowest BCUT2D eigenvalue weighted by Gasteiger charge is -2.24. The second-order valence-corrected chi connectivity index (χ2v) is 11.4. The second kappa shape index (κ2) is 10.0. The van der Waals surface area contributed by atoms with Crippen LogP contribution in [0.2, 0.25) is 18.6 Å². The largest absolute Gasteiger partial charge is 0.500 e. The van der Waals surface area contributed by atoms with Crippen molar-refractivity contribution in [2.45, 2.75) is 44.3 Å². The van der Waals surface area contributed by atoms with Crippen LogP contribution < -0.4 is 0 Å². The van der Waals surface area contributed by atoms with Gasteiger partial charge in [-0.2, -0.15) is 0 Å². The minimum atomic E-state index is -2.37. The normalized spacial score (nSPS) is 12.9. The Kier molecular flexibility index (Phi) is 10.2. The molecule has 0 aromatic heterocycles. The average molecular weight is 311 g/mol. The molecule has 0 aliphatic rings. The highest BCUT2D eigenvalue weighted by Gasteiger charge is 2.36. The van der Waals surface area contributed by atoms with Crippen LogP contribution in [0, 0.1) is 0 Å². The molecule has 0 aliphatic heterocycles. The van der Waals surface area contributed by atoms with Crippen molar-refractivity contribution in [3.63, 3.8) is 0 Å². The highest BCUT2D eigenvalue weighted by molar-refractivity contribution is 6.65. The van der Waals surface area contributed by atoms with Crippen LogP contribution in [0.4, 0.5) is 0 Å². The third kappa shape index (κ3) is 6.98. The Labute approximate surface area is 120 Å². The van der Waals surface area contributed by atoms with Gasteiger partial charge in [0.1, 0.15) is 0 Å². The molecule has 7 heteroatoms. The summed E-state index contributed by atoms with van der Waals surface area (Å²) in [6.07, 6.45) is 4.55. The van der Waals surface area contributed by atoms with E-state index in [1.54, 1.807) is 35.5 Å². The van der Waals surface area contributed by atoms with Gasteiger partial charge in [0.25, 0.3) is 0 Å². The third-order valence-corrected chi connectivity index (χ3v) is 9.48. The lowest BCUT2D eigenvalue weighted by atomic mass is 10.2. The number of hydrogen-bond acceptors (Lipinski definition) is 5. The van der Waals surface area contributed by atoms with E-state index in [9.17, 15) is 0 Å². The van der Waals surface area contributed by atoms with E-state index in [0.717, 1.165) is 31.4 Å². The molecular weight excluding hydrogens is 280 g/mol. The summed E-state index contributed by atoms with van der Waals surface area (Å²) >= 11 is 0. The Balaban J connectivity index is 3.76. The molecule has 0 amide bonds. The summed E-state index contributed by atoms with van der Waals surface area (Å²) in [5.74, 6) is 0. The summed E-state index contributed by atoms with van der Waals surface area (Å²) in [4.78, 5) is 0. The van der Waals surface area contributed by atoms with Gasteiger partial charge in [0.15, 0.2) is 0 Å². The van der Waals surface area contributed by atoms with Crippen molar-refractivity contribution >= 4 is 17.4 Å². The third-order valence-electron chi connectivity index (χ3n) is 3.66. The Morgan fingerprint density at radius 3 is 1.37 bits per heavy atom. The van der Waals surface area contributed by atoms with Crippen LogP contribution in [-0.2, 0) is 22.1 Å². The maximum atomic E-state index is 5.46. The molecule has 0 radical (unpaired) electrons. The molecule has 0 N–H and O–H groups in total. The summed E-state index contributed by atoms with van der Waals surface area (Å²) in [7, 11) is 4.21. The molecule has 0 aromatic carbocycles. The van der Waals surface area contributed by atoms with Gasteiger partial charge in [0.05, 0.1) is 0 Å². The maximum Gasteiger partial charge on any atom is 0.500 e. The van der Waals surface area contributed by atoms with Crippen molar-refractivity contribution in [1.82, 2.24) is 0 Å². The topological polar surface area (TPSA) is 46.2 Å². The number of hydrogen-bond donors (Lipinski definition) is 0. The minimum absolute atomic E-state index is 0.875. The Morgan fingerprint density at radius 1 is 0.579 bits per heavy atom. The van der Waals surface area contributed by atoms with E-state index in [-0.39, 0.29) is 0 Å². The molecule has 116 valence electrons. The van der Waals surface area contributed by atoms with Crippen LogP contribution in [0.15, 0.2) is 0 Å². The van der Waals surface area contributed by atoms with Gasteiger partial charge >= 0.3 is 17.4 Å². The molecule has 0 unspecified atom stereocenters. The van der Waals surface area contributed by atoms with Crippen LogP contribution in [0.1, 0.15) is 25.7 Å². The van der Waals surface area contributed by atoms with E-state index >= 15 is 0 Å². The van der Waals surface area contributed by atoms with Crippen LogP contribution >= 0.6 is 0 Å². The standard InChI is InChI=1S/C12H30O5Si2/c1-13-18(6,14-2)11-9-7-8-10-12-19(15-3,16-4)17-5/h7-12H2,1-6H3. The predicted molar refractivity (Wildman–Crippen MR) is 80.5 cm³/mol. The van der Waals surface area contributed by atoms with Crippen molar-refractivity contribution in [3.05, 3.63) is 0 Å². The fourth-order valence-electron chi connectivity index (χ4n) is 1.98. The van der Waals surface area contributed by atoms with E-state index in [2.05, 4.69) is 6.55 Å². The van der Waals surface area contributed by atoms with E-state index < -0.39 is 17.4 Å². The van der Waals surface area contributed by atoms with Gasteiger partial charge in [-0.25, -0.2) is 0 Å². The molecule has 0 spiro atoms. The van der Waals surface area contributed by atoms with E-state index in [4.69, 9.17) is 22.1 Å². The zero-order valence-electron chi connectivity index (χ0n) is 13.3. The molecular formula is C12H30O5Si2. The van der Waals surface area contributed by atoms with Crippen LogP contribution in [0.3, 0.4) is 0 Å². The first-order valence-corrected chi connectivity index (χ1v) is 11.2.